The Morgan fingerprint density at radius 3 is 2.24 bits per heavy atom. The van der Waals surface area contributed by atoms with Crippen molar-refractivity contribution in [1.29, 1.82) is 0 Å². The highest BCUT2D eigenvalue weighted by Gasteiger charge is 2.23. The van der Waals surface area contributed by atoms with Crippen LogP contribution >= 0.6 is 0 Å². The van der Waals surface area contributed by atoms with Crippen molar-refractivity contribution in [1.82, 2.24) is 9.88 Å². The second-order valence-corrected chi connectivity index (χ2v) is 7.03. The van der Waals surface area contributed by atoms with Gasteiger partial charge in [-0.2, -0.15) is 0 Å². The molecule has 0 radical (unpaired) electrons. The highest BCUT2D eigenvalue weighted by Crippen LogP contribution is 2.24. The van der Waals surface area contributed by atoms with Crippen LogP contribution in [0.4, 0.5) is 5.82 Å². The number of pyridine rings is 1. The summed E-state index contributed by atoms with van der Waals surface area (Å²) >= 11 is 0. The first kappa shape index (κ1) is 17.5. The molecule has 0 aliphatic carbocycles. The Labute approximate surface area is 129 Å². The molecule has 1 amide bonds. The first-order chi connectivity index (χ1) is 9.57. The lowest BCUT2D eigenvalue weighted by Gasteiger charge is -2.28. The highest BCUT2D eigenvalue weighted by molar-refractivity contribution is 5.95. The van der Waals surface area contributed by atoms with Gasteiger partial charge in [-0.15, -0.1) is 0 Å². The Morgan fingerprint density at radius 1 is 1.24 bits per heavy atom. The number of carbonyl (C=O) groups is 1. The Kier molecular flexibility index (Phi) is 5.37. The molecule has 0 saturated carbocycles. The summed E-state index contributed by atoms with van der Waals surface area (Å²) in [6, 6.07) is 3.93. The minimum absolute atomic E-state index is 0.0422. The molecule has 0 bridgehead atoms. The number of hydrogen-bond donors (Lipinski definition) is 1. The van der Waals surface area contributed by atoms with Gasteiger partial charge in [-0.1, -0.05) is 34.6 Å². The van der Waals surface area contributed by atoms with Crippen molar-refractivity contribution < 1.29 is 4.79 Å². The van der Waals surface area contributed by atoms with Crippen LogP contribution in [0.3, 0.4) is 0 Å². The largest absolute Gasteiger partial charge is 0.373 e. The molecule has 1 aromatic heterocycles. The van der Waals surface area contributed by atoms with Crippen LogP contribution in [0.25, 0.3) is 0 Å². The van der Waals surface area contributed by atoms with Crippen LogP contribution in [0.1, 0.15) is 57.6 Å². The fourth-order valence-electron chi connectivity index (χ4n) is 2.00. The first-order valence-corrected chi connectivity index (χ1v) is 7.55. The van der Waals surface area contributed by atoms with Gasteiger partial charge in [0.1, 0.15) is 5.82 Å². The number of hydrogen-bond acceptors (Lipinski definition) is 3. The third-order valence-electron chi connectivity index (χ3n) is 3.99. The summed E-state index contributed by atoms with van der Waals surface area (Å²) in [5, 5.41) is 3.04. The minimum Gasteiger partial charge on any atom is -0.373 e. The molecule has 0 fully saturated rings. The molecule has 1 aromatic rings. The summed E-state index contributed by atoms with van der Waals surface area (Å²) in [5.41, 5.74) is 1.52. The molecule has 0 saturated heterocycles. The predicted molar refractivity (Wildman–Crippen MR) is 88.9 cm³/mol. The van der Waals surface area contributed by atoms with E-state index in [9.17, 15) is 4.79 Å². The molecule has 4 heteroatoms. The van der Waals surface area contributed by atoms with Crippen LogP contribution in [-0.2, 0) is 5.41 Å². The third kappa shape index (κ3) is 4.19. The maximum absolute atomic E-state index is 12.7. The van der Waals surface area contributed by atoms with E-state index in [1.807, 2.05) is 31.1 Å². The van der Waals surface area contributed by atoms with Crippen LogP contribution in [-0.4, -0.2) is 35.9 Å². The molecule has 21 heavy (non-hydrogen) atoms. The maximum atomic E-state index is 12.7. The third-order valence-corrected chi connectivity index (χ3v) is 3.99. The highest BCUT2D eigenvalue weighted by atomic mass is 16.2. The zero-order chi connectivity index (χ0) is 16.4. The monoisotopic (exact) mass is 291 g/mol. The van der Waals surface area contributed by atoms with Crippen molar-refractivity contribution in [3.8, 4) is 0 Å². The minimum atomic E-state index is -0.0931. The van der Waals surface area contributed by atoms with E-state index < -0.39 is 0 Å². The molecule has 0 aliphatic heterocycles. The standard InChI is InChI=1S/C17H29N3O/c1-11(2)12(3)20(8)16(21)13-9-14(17(4,5)6)19-15(10-13)18-7/h9-12H,1-8H3,(H,18,19). The molecular weight excluding hydrogens is 262 g/mol. The summed E-state index contributed by atoms with van der Waals surface area (Å²) in [4.78, 5) is 19.1. The number of carbonyl (C=O) groups excluding carboxylic acids is 1. The topological polar surface area (TPSA) is 45.2 Å². The van der Waals surface area contributed by atoms with Crippen molar-refractivity contribution in [3.63, 3.8) is 0 Å². The van der Waals surface area contributed by atoms with E-state index in [4.69, 9.17) is 0 Å². The number of nitrogens with one attached hydrogen (secondary N) is 1. The van der Waals surface area contributed by atoms with Crippen LogP contribution in [0.15, 0.2) is 12.1 Å². The molecule has 0 spiro atoms. The summed E-state index contributed by atoms with van der Waals surface area (Å²) in [6.45, 7) is 12.6. The molecule has 1 atom stereocenters. The molecular formula is C17H29N3O. The number of rotatable bonds is 4. The first-order valence-electron chi connectivity index (χ1n) is 7.55. The van der Waals surface area contributed by atoms with Crippen LogP contribution in [0, 0.1) is 5.92 Å². The fourth-order valence-corrected chi connectivity index (χ4v) is 2.00. The maximum Gasteiger partial charge on any atom is 0.254 e. The molecule has 4 nitrogen and oxygen atoms in total. The Bertz CT molecular complexity index is 503. The molecule has 0 aromatic carbocycles. The molecule has 1 unspecified atom stereocenters. The van der Waals surface area contributed by atoms with Crippen LogP contribution in [0.5, 0.6) is 0 Å². The zero-order valence-electron chi connectivity index (χ0n) is 14.6. The van der Waals surface area contributed by atoms with Crippen molar-refractivity contribution in [2.45, 2.75) is 53.0 Å². The lowest BCUT2D eigenvalue weighted by Crippen LogP contribution is -2.38. The van der Waals surface area contributed by atoms with E-state index in [1.165, 1.54) is 0 Å². The van der Waals surface area contributed by atoms with E-state index in [0.29, 0.717) is 11.5 Å². The van der Waals surface area contributed by atoms with E-state index in [0.717, 1.165) is 11.5 Å². The van der Waals surface area contributed by atoms with Gasteiger partial charge in [0.05, 0.1) is 0 Å². The van der Waals surface area contributed by atoms with Crippen molar-refractivity contribution in [3.05, 3.63) is 23.4 Å². The van der Waals surface area contributed by atoms with Crippen LogP contribution in [0.2, 0.25) is 0 Å². The van der Waals surface area contributed by atoms with Gasteiger partial charge in [0.25, 0.3) is 5.91 Å². The molecule has 118 valence electrons. The van der Waals surface area contributed by atoms with Gasteiger partial charge in [-0.25, -0.2) is 4.98 Å². The number of aromatic nitrogens is 1. The van der Waals surface area contributed by atoms with Gasteiger partial charge in [0.2, 0.25) is 0 Å². The van der Waals surface area contributed by atoms with Gasteiger partial charge < -0.3 is 10.2 Å². The zero-order valence-corrected chi connectivity index (χ0v) is 14.6. The molecule has 1 N–H and O–H groups in total. The Morgan fingerprint density at radius 2 is 1.81 bits per heavy atom. The number of amides is 1. The van der Waals surface area contributed by atoms with Crippen LogP contribution < -0.4 is 5.32 Å². The summed E-state index contributed by atoms with van der Waals surface area (Å²) < 4.78 is 0. The molecule has 0 aliphatic rings. The number of nitrogens with zero attached hydrogens (tertiary/aromatic N) is 2. The predicted octanol–water partition coefficient (Wildman–Crippen LogP) is 3.54. The quantitative estimate of drug-likeness (QED) is 0.923. The van der Waals surface area contributed by atoms with Gasteiger partial charge in [0.15, 0.2) is 0 Å². The van der Waals surface area contributed by atoms with Crippen molar-refractivity contribution in [2.24, 2.45) is 5.92 Å². The van der Waals surface area contributed by atoms with E-state index in [2.05, 4.69) is 51.8 Å². The average Bonchev–Trinajstić information content (AvgIpc) is 2.43. The SMILES string of the molecule is CNc1cc(C(=O)N(C)C(C)C(C)C)cc(C(C)(C)C)n1. The lowest BCUT2D eigenvalue weighted by atomic mass is 9.90. The Hall–Kier alpha value is -1.58. The lowest BCUT2D eigenvalue weighted by molar-refractivity contribution is 0.0707. The molecule has 1 heterocycles. The smallest absolute Gasteiger partial charge is 0.254 e. The normalized spacial score (nSPS) is 13.2. The van der Waals surface area contributed by atoms with E-state index in [-0.39, 0.29) is 17.4 Å². The average molecular weight is 291 g/mol. The summed E-state index contributed by atoms with van der Waals surface area (Å²) in [6.07, 6.45) is 0. The number of anilines is 1. The van der Waals surface area contributed by atoms with Gasteiger partial charge >= 0.3 is 0 Å². The van der Waals surface area contributed by atoms with Gasteiger partial charge in [-0.05, 0) is 25.0 Å². The Balaban J connectivity index is 3.20. The fraction of sp³-hybridized carbons (Fsp3) is 0.647. The van der Waals surface area contributed by atoms with E-state index >= 15 is 0 Å². The van der Waals surface area contributed by atoms with Gasteiger partial charge in [0, 0.05) is 36.8 Å². The second-order valence-electron chi connectivity index (χ2n) is 7.03. The molecule has 1 rings (SSSR count). The van der Waals surface area contributed by atoms with Crippen molar-refractivity contribution in [2.75, 3.05) is 19.4 Å². The van der Waals surface area contributed by atoms with E-state index in [1.54, 1.807) is 0 Å². The second kappa shape index (κ2) is 6.46. The summed E-state index contributed by atoms with van der Waals surface area (Å²) in [7, 11) is 3.69. The van der Waals surface area contributed by atoms with Gasteiger partial charge in [-0.3, -0.25) is 4.79 Å². The summed E-state index contributed by atoms with van der Waals surface area (Å²) in [5.74, 6) is 1.20. The van der Waals surface area contributed by atoms with Crippen molar-refractivity contribution >= 4 is 11.7 Å².